The molecule has 5 heteroatoms. The zero-order chi connectivity index (χ0) is 17.9. The fourth-order valence-electron chi connectivity index (χ4n) is 4.30. The lowest BCUT2D eigenvalue weighted by molar-refractivity contribution is -0.135. The SMILES string of the molecule is COc1ccc(OC[C@H]2[C@@H]3CC[C@H](C3)N2C(=O)Cc2ccccn2)cc1. The van der Waals surface area contributed by atoms with Gasteiger partial charge in [0.25, 0.3) is 0 Å². The highest BCUT2D eigenvalue weighted by molar-refractivity contribution is 5.79. The van der Waals surface area contributed by atoms with Gasteiger partial charge in [0.15, 0.2) is 0 Å². The van der Waals surface area contributed by atoms with Crippen LogP contribution in [0.4, 0.5) is 0 Å². The molecule has 2 aromatic rings. The quantitative estimate of drug-likeness (QED) is 0.802. The number of aromatic nitrogens is 1. The third-order valence-electron chi connectivity index (χ3n) is 5.57. The molecule has 0 unspecified atom stereocenters. The topological polar surface area (TPSA) is 51.7 Å². The van der Waals surface area contributed by atoms with E-state index in [0.29, 0.717) is 25.0 Å². The minimum atomic E-state index is 0.159. The van der Waals surface area contributed by atoms with Gasteiger partial charge in [-0.25, -0.2) is 0 Å². The lowest BCUT2D eigenvalue weighted by atomic mass is 9.99. The zero-order valence-corrected chi connectivity index (χ0v) is 15.0. The summed E-state index contributed by atoms with van der Waals surface area (Å²) in [5, 5.41) is 0. The Labute approximate surface area is 153 Å². The van der Waals surface area contributed by atoms with Gasteiger partial charge >= 0.3 is 0 Å². The first-order valence-corrected chi connectivity index (χ1v) is 9.22. The summed E-state index contributed by atoms with van der Waals surface area (Å²) in [6, 6.07) is 13.8. The second-order valence-corrected chi connectivity index (χ2v) is 7.08. The Morgan fingerprint density at radius 2 is 1.96 bits per heavy atom. The van der Waals surface area contributed by atoms with Crippen molar-refractivity contribution in [2.75, 3.05) is 13.7 Å². The Morgan fingerprint density at radius 1 is 1.15 bits per heavy atom. The number of carbonyl (C=O) groups is 1. The molecule has 0 N–H and O–H groups in total. The zero-order valence-electron chi connectivity index (χ0n) is 15.0. The molecule has 0 spiro atoms. The van der Waals surface area contributed by atoms with Gasteiger partial charge in [-0.15, -0.1) is 0 Å². The molecule has 1 saturated heterocycles. The van der Waals surface area contributed by atoms with Gasteiger partial charge in [-0.1, -0.05) is 6.07 Å². The third kappa shape index (κ3) is 3.39. The van der Waals surface area contributed by atoms with E-state index in [1.54, 1.807) is 13.3 Å². The summed E-state index contributed by atoms with van der Waals surface area (Å²) < 4.78 is 11.2. The van der Waals surface area contributed by atoms with Crippen LogP contribution in [-0.4, -0.2) is 41.6 Å². The van der Waals surface area contributed by atoms with E-state index >= 15 is 0 Å². The minimum absolute atomic E-state index is 0.159. The number of amides is 1. The first-order chi connectivity index (χ1) is 12.7. The molecular formula is C21H24N2O3. The molecule has 1 aliphatic carbocycles. The summed E-state index contributed by atoms with van der Waals surface area (Å²) in [4.78, 5) is 19.3. The smallest absolute Gasteiger partial charge is 0.229 e. The van der Waals surface area contributed by atoms with Crippen LogP contribution in [0.3, 0.4) is 0 Å². The molecule has 5 nitrogen and oxygen atoms in total. The molecule has 136 valence electrons. The van der Waals surface area contributed by atoms with Crippen molar-refractivity contribution in [1.82, 2.24) is 9.88 Å². The number of carbonyl (C=O) groups excluding carboxylic acids is 1. The van der Waals surface area contributed by atoms with Crippen LogP contribution in [0.15, 0.2) is 48.7 Å². The van der Waals surface area contributed by atoms with Crippen LogP contribution < -0.4 is 9.47 Å². The van der Waals surface area contributed by atoms with E-state index in [-0.39, 0.29) is 11.9 Å². The van der Waals surface area contributed by atoms with Gasteiger partial charge in [-0.05, 0) is 61.6 Å². The molecule has 1 amide bonds. The number of pyridine rings is 1. The molecule has 2 aliphatic rings. The van der Waals surface area contributed by atoms with Gasteiger partial charge in [0.1, 0.15) is 18.1 Å². The van der Waals surface area contributed by atoms with E-state index in [1.165, 1.54) is 6.42 Å². The Bertz CT molecular complexity index is 748. The summed E-state index contributed by atoms with van der Waals surface area (Å²) >= 11 is 0. The summed E-state index contributed by atoms with van der Waals surface area (Å²) in [5.74, 6) is 2.33. The van der Waals surface area contributed by atoms with Crippen molar-refractivity contribution in [3.8, 4) is 11.5 Å². The van der Waals surface area contributed by atoms with Gasteiger partial charge in [0.05, 0.1) is 19.6 Å². The van der Waals surface area contributed by atoms with E-state index in [0.717, 1.165) is 30.0 Å². The van der Waals surface area contributed by atoms with Gasteiger partial charge < -0.3 is 14.4 Å². The summed E-state index contributed by atoms with van der Waals surface area (Å²) in [7, 11) is 1.65. The molecule has 4 rings (SSSR count). The average Bonchev–Trinajstić information content (AvgIpc) is 3.29. The second kappa shape index (κ2) is 7.36. The highest BCUT2D eigenvalue weighted by atomic mass is 16.5. The van der Waals surface area contributed by atoms with Crippen molar-refractivity contribution in [3.63, 3.8) is 0 Å². The van der Waals surface area contributed by atoms with Crippen LogP contribution in [-0.2, 0) is 11.2 Å². The van der Waals surface area contributed by atoms with Crippen LogP contribution in [0.25, 0.3) is 0 Å². The van der Waals surface area contributed by atoms with Crippen molar-refractivity contribution in [1.29, 1.82) is 0 Å². The summed E-state index contributed by atoms with van der Waals surface area (Å²) in [6.07, 6.45) is 5.50. The van der Waals surface area contributed by atoms with Crippen LogP contribution >= 0.6 is 0 Å². The predicted molar refractivity (Wildman–Crippen MR) is 98.2 cm³/mol. The molecule has 1 aromatic carbocycles. The maximum atomic E-state index is 12.9. The molecular weight excluding hydrogens is 328 g/mol. The predicted octanol–water partition coefficient (Wildman–Crippen LogP) is 3.09. The Morgan fingerprint density at radius 3 is 2.69 bits per heavy atom. The summed E-state index contributed by atoms with van der Waals surface area (Å²) in [6.45, 7) is 0.543. The molecule has 3 atom stereocenters. The molecule has 2 heterocycles. The molecule has 26 heavy (non-hydrogen) atoms. The highest BCUT2D eigenvalue weighted by Gasteiger charge is 2.48. The van der Waals surface area contributed by atoms with E-state index in [1.807, 2.05) is 42.5 Å². The van der Waals surface area contributed by atoms with Crippen molar-refractivity contribution >= 4 is 5.91 Å². The standard InChI is InChI=1S/C21H24N2O3/c1-25-18-7-9-19(10-8-18)26-14-20-15-5-6-17(12-15)23(20)21(24)13-16-4-2-3-11-22-16/h2-4,7-11,15,17,20H,5-6,12-14H2,1H3/t15-,17-,20+/m1/s1. The van der Waals surface area contributed by atoms with Crippen molar-refractivity contribution in [2.24, 2.45) is 5.92 Å². The van der Waals surface area contributed by atoms with E-state index < -0.39 is 0 Å². The molecule has 2 fully saturated rings. The largest absolute Gasteiger partial charge is 0.497 e. The third-order valence-corrected chi connectivity index (χ3v) is 5.57. The number of likely N-dealkylation sites (tertiary alicyclic amines) is 1. The minimum Gasteiger partial charge on any atom is -0.497 e. The van der Waals surface area contributed by atoms with Crippen LogP contribution in [0.1, 0.15) is 25.0 Å². The number of ether oxygens (including phenoxy) is 2. The number of methoxy groups -OCH3 is 1. The van der Waals surface area contributed by atoms with Crippen molar-refractivity contribution in [3.05, 3.63) is 54.4 Å². The average molecular weight is 352 g/mol. The first-order valence-electron chi connectivity index (χ1n) is 9.22. The van der Waals surface area contributed by atoms with Gasteiger partial charge in [0.2, 0.25) is 5.91 Å². The number of rotatable bonds is 6. The van der Waals surface area contributed by atoms with Gasteiger partial charge in [0, 0.05) is 17.9 Å². The Kier molecular flexibility index (Phi) is 4.78. The number of piperidine rings is 1. The second-order valence-electron chi connectivity index (χ2n) is 7.08. The lowest BCUT2D eigenvalue weighted by Crippen LogP contribution is -2.48. The fraction of sp³-hybridized carbons (Fsp3) is 0.429. The number of hydrogen-bond acceptors (Lipinski definition) is 4. The molecule has 1 saturated carbocycles. The normalized spacial score (nSPS) is 23.9. The molecule has 0 radical (unpaired) electrons. The van der Waals surface area contributed by atoms with E-state index in [9.17, 15) is 4.79 Å². The van der Waals surface area contributed by atoms with Crippen LogP contribution in [0.2, 0.25) is 0 Å². The fourth-order valence-corrected chi connectivity index (χ4v) is 4.30. The number of nitrogens with zero attached hydrogens (tertiary/aromatic N) is 2. The Balaban J connectivity index is 1.42. The molecule has 1 aromatic heterocycles. The van der Waals surface area contributed by atoms with E-state index in [2.05, 4.69) is 9.88 Å². The number of benzene rings is 1. The molecule has 2 bridgehead atoms. The molecule has 1 aliphatic heterocycles. The Hall–Kier alpha value is -2.56. The van der Waals surface area contributed by atoms with Crippen molar-refractivity contribution in [2.45, 2.75) is 37.8 Å². The maximum Gasteiger partial charge on any atom is 0.229 e. The number of fused-ring (bicyclic) bond motifs is 2. The highest BCUT2D eigenvalue weighted by Crippen LogP contribution is 2.42. The van der Waals surface area contributed by atoms with E-state index in [4.69, 9.17) is 9.47 Å². The summed E-state index contributed by atoms with van der Waals surface area (Å²) in [5.41, 5.74) is 0.829. The first kappa shape index (κ1) is 16.9. The van der Waals surface area contributed by atoms with Crippen LogP contribution in [0.5, 0.6) is 11.5 Å². The van der Waals surface area contributed by atoms with Crippen LogP contribution in [0, 0.1) is 5.92 Å². The maximum absolute atomic E-state index is 12.9. The number of hydrogen-bond donors (Lipinski definition) is 0. The van der Waals surface area contributed by atoms with Crippen molar-refractivity contribution < 1.29 is 14.3 Å². The van der Waals surface area contributed by atoms with Gasteiger partial charge in [-0.2, -0.15) is 0 Å². The lowest BCUT2D eigenvalue weighted by Gasteiger charge is -2.35. The van der Waals surface area contributed by atoms with Gasteiger partial charge in [-0.3, -0.25) is 9.78 Å². The monoisotopic (exact) mass is 352 g/mol.